The van der Waals surface area contributed by atoms with Crippen molar-refractivity contribution in [1.29, 1.82) is 0 Å². The van der Waals surface area contributed by atoms with E-state index in [1.54, 1.807) is 6.20 Å². The summed E-state index contributed by atoms with van der Waals surface area (Å²) in [5, 5.41) is 4.34. The Kier molecular flexibility index (Phi) is 3.01. The summed E-state index contributed by atoms with van der Waals surface area (Å²) in [5.41, 5.74) is 7.25. The van der Waals surface area contributed by atoms with E-state index in [0.29, 0.717) is 12.1 Å². The number of nitrogens with zero attached hydrogens (tertiary/aromatic N) is 3. The van der Waals surface area contributed by atoms with E-state index >= 15 is 0 Å². The fourth-order valence-electron chi connectivity index (χ4n) is 2.38. The predicted octanol–water partition coefficient (Wildman–Crippen LogP) is 2.10. The molecule has 1 atom stereocenters. The van der Waals surface area contributed by atoms with E-state index in [1.807, 2.05) is 0 Å². The monoisotopic (exact) mass is 282 g/mol. The van der Waals surface area contributed by atoms with Crippen molar-refractivity contribution in [3.05, 3.63) is 41.5 Å². The van der Waals surface area contributed by atoms with Crippen LogP contribution < -0.4 is 5.73 Å². The van der Waals surface area contributed by atoms with Gasteiger partial charge in [0.2, 0.25) is 0 Å². The Hall–Kier alpha value is -1.89. The smallest absolute Gasteiger partial charge is 0.327 e. The molecule has 0 aromatic carbocycles. The molecule has 2 N–H and O–H groups in total. The lowest BCUT2D eigenvalue weighted by atomic mass is 9.94. The number of hydrogen-bond acceptors (Lipinski definition) is 3. The lowest BCUT2D eigenvalue weighted by Crippen LogP contribution is -2.27. The number of rotatable bonds is 1. The van der Waals surface area contributed by atoms with Gasteiger partial charge in [-0.25, -0.2) is 4.68 Å². The largest absolute Gasteiger partial charge is 0.433 e. The van der Waals surface area contributed by atoms with Crippen LogP contribution in [0.5, 0.6) is 0 Å². The lowest BCUT2D eigenvalue weighted by molar-refractivity contribution is -0.141. The summed E-state index contributed by atoms with van der Waals surface area (Å²) < 4.78 is 39.4. The molecule has 2 aromatic heterocycles. The van der Waals surface area contributed by atoms with E-state index < -0.39 is 11.9 Å². The normalized spacial score (nSPS) is 18.9. The first-order chi connectivity index (χ1) is 9.43. The number of alkyl halides is 3. The molecule has 1 aliphatic carbocycles. The molecule has 2 aromatic rings. The summed E-state index contributed by atoms with van der Waals surface area (Å²) >= 11 is 0. The zero-order valence-electron chi connectivity index (χ0n) is 10.6. The molecule has 2 heterocycles. The molecule has 0 spiro atoms. The molecule has 4 nitrogen and oxygen atoms in total. The maximum atomic E-state index is 12.7. The zero-order chi connectivity index (χ0) is 14.3. The molecule has 0 saturated heterocycles. The average molecular weight is 282 g/mol. The van der Waals surface area contributed by atoms with Crippen LogP contribution in [0.1, 0.15) is 23.4 Å². The summed E-state index contributed by atoms with van der Waals surface area (Å²) in [4.78, 5) is 3.34. The summed E-state index contributed by atoms with van der Waals surface area (Å²) in [6.45, 7) is 0. The lowest BCUT2D eigenvalue weighted by Gasteiger charge is -2.15. The van der Waals surface area contributed by atoms with Gasteiger partial charge in [-0.3, -0.25) is 4.98 Å². The van der Waals surface area contributed by atoms with E-state index in [4.69, 9.17) is 5.73 Å². The highest BCUT2D eigenvalue weighted by molar-refractivity contribution is 5.35. The van der Waals surface area contributed by atoms with Gasteiger partial charge in [0.25, 0.3) is 0 Å². The Balaban J connectivity index is 1.98. The van der Waals surface area contributed by atoms with E-state index in [0.717, 1.165) is 36.4 Å². The van der Waals surface area contributed by atoms with Crippen LogP contribution in [-0.4, -0.2) is 20.8 Å². The Morgan fingerprint density at radius 2 is 2.15 bits per heavy atom. The fourth-order valence-corrected chi connectivity index (χ4v) is 2.38. The Bertz CT molecular complexity index is 633. The second-order valence-electron chi connectivity index (χ2n) is 4.95. The molecule has 0 radical (unpaired) electrons. The number of fused-ring (bicyclic) bond motifs is 1. The van der Waals surface area contributed by atoms with Gasteiger partial charge in [-0.2, -0.15) is 18.3 Å². The molecule has 0 bridgehead atoms. The topological polar surface area (TPSA) is 56.7 Å². The van der Waals surface area contributed by atoms with Crippen molar-refractivity contribution in [2.75, 3.05) is 0 Å². The van der Waals surface area contributed by atoms with Gasteiger partial charge >= 0.3 is 6.18 Å². The third-order valence-corrected chi connectivity index (χ3v) is 3.41. The SMILES string of the molecule is NC1CCc2nn(-c3ccnc(C(F)(F)F)c3)cc2C1. The van der Waals surface area contributed by atoms with Crippen LogP contribution in [0.2, 0.25) is 0 Å². The van der Waals surface area contributed by atoms with Crippen LogP contribution in [0, 0.1) is 0 Å². The van der Waals surface area contributed by atoms with E-state index in [9.17, 15) is 13.2 Å². The quantitative estimate of drug-likeness (QED) is 0.871. The Morgan fingerprint density at radius 1 is 1.35 bits per heavy atom. The van der Waals surface area contributed by atoms with Crippen LogP contribution in [0.4, 0.5) is 13.2 Å². The molecule has 106 valence electrons. The molecule has 1 unspecified atom stereocenters. The third kappa shape index (κ3) is 2.40. The van der Waals surface area contributed by atoms with Gasteiger partial charge < -0.3 is 5.73 Å². The van der Waals surface area contributed by atoms with Gasteiger partial charge in [-0.15, -0.1) is 0 Å². The molecule has 0 fully saturated rings. The van der Waals surface area contributed by atoms with Crippen molar-refractivity contribution >= 4 is 0 Å². The van der Waals surface area contributed by atoms with Gasteiger partial charge in [0, 0.05) is 18.4 Å². The molecule has 7 heteroatoms. The Morgan fingerprint density at radius 3 is 2.90 bits per heavy atom. The van der Waals surface area contributed by atoms with Gasteiger partial charge in [0.15, 0.2) is 0 Å². The summed E-state index contributed by atoms with van der Waals surface area (Å²) in [6, 6.07) is 2.61. The highest BCUT2D eigenvalue weighted by Crippen LogP contribution is 2.29. The number of halogens is 3. The minimum absolute atomic E-state index is 0.100. The van der Waals surface area contributed by atoms with Gasteiger partial charge in [0.1, 0.15) is 5.69 Å². The highest BCUT2D eigenvalue weighted by atomic mass is 19.4. The highest BCUT2D eigenvalue weighted by Gasteiger charge is 2.32. The predicted molar refractivity (Wildman–Crippen MR) is 66.4 cm³/mol. The van der Waals surface area contributed by atoms with E-state index in [-0.39, 0.29) is 6.04 Å². The van der Waals surface area contributed by atoms with Crippen molar-refractivity contribution in [3.63, 3.8) is 0 Å². The molecule has 0 aliphatic heterocycles. The zero-order valence-corrected chi connectivity index (χ0v) is 10.6. The van der Waals surface area contributed by atoms with Crippen molar-refractivity contribution in [2.24, 2.45) is 5.73 Å². The molecule has 0 saturated carbocycles. The maximum absolute atomic E-state index is 12.7. The molecule has 20 heavy (non-hydrogen) atoms. The van der Waals surface area contributed by atoms with Gasteiger partial charge in [-0.1, -0.05) is 0 Å². The summed E-state index contributed by atoms with van der Waals surface area (Å²) in [6.07, 6.45) is 0.779. The first-order valence-corrected chi connectivity index (χ1v) is 6.30. The second kappa shape index (κ2) is 4.59. The first kappa shape index (κ1) is 13.1. The van der Waals surface area contributed by atoms with Crippen molar-refractivity contribution in [2.45, 2.75) is 31.5 Å². The van der Waals surface area contributed by atoms with Crippen molar-refractivity contribution < 1.29 is 13.2 Å². The summed E-state index contributed by atoms with van der Waals surface area (Å²) in [7, 11) is 0. The number of aryl methyl sites for hydroxylation is 1. The fraction of sp³-hybridized carbons (Fsp3) is 0.385. The van der Waals surface area contributed by atoms with Crippen LogP contribution in [0.25, 0.3) is 5.69 Å². The Labute approximate surface area is 113 Å². The van der Waals surface area contributed by atoms with Gasteiger partial charge in [0.05, 0.1) is 11.4 Å². The first-order valence-electron chi connectivity index (χ1n) is 6.30. The van der Waals surface area contributed by atoms with Crippen molar-refractivity contribution in [3.8, 4) is 5.69 Å². The molecular weight excluding hydrogens is 269 g/mol. The minimum atomic E-state index is -4.45. The van der Waals surface area contributed by atoms with Crippen LogP contribution in [0.15, 0.2) is 24.5 Å². The molecule has 3 rings (SSSR count). The van der Waals surface area contributed by atoms with Crippen LogP contribution in [0.3, 0.4) is 0 Å². The second-order valence-corrected chi connectivity index (χ2v) is 4.95. The minimum Gasteiger partial charge on any atom is -0.327 e. The number of hydrogen-bond donors (Lipinski definition) is 1. The van der Waals surface area contributed by atoms with Crippen LogP contribution in [-0.2, 0) is 19.0 Å². The standard InChI is InChI=1S/C13H13F3N4/c14-13(15,16)12-6-10(3-4-18-12)20-7-8-5-9(17)1-2-11(8)19-20/h3-4,6-7,9H,1-2,5,17H2. The third-order valence-electron chi connectivity index (χ3n) is 3.41. The molecule has 0 amide bonds. The number of pyridine rings is 1. The average Bonchev–Trinajstić information content (AvgIpc) is 2.81. The van der Waals surface area contributed by atoms with E-state index in [2.05, 4.69) is 10.1 Å². The van der Waals surface area contributed by atoms with Crippen molar-refractivity contribution in [1.82, 2.24) is 14.8 Å². The molecular formula is C13H13F3N4. The van der Waals surface area contributed by atoms with Gasteiger partial charge in [-0.05, 0) is 37.0 Å². The summed E-state index contributed by atoms with van der Waals surface area (Å²) in [5.74, 6) is 0. The number of nitrogens with two attached hydrogens (primary N) is 1. The maximum Gasteiger partial charge on any atom is 0.433 e. The molecule has 1 aliphatic rings. The van der Waals surface area contributed by atoms with Crippen LogP contribution >= 0.6 is 0 Å². The van der Waals surface area contributed by atoms with E-state index in [1.165, 1.54) is 10.7 Å². The number of aromatic nitrogens is 3.